The number of nitrogens with zero attached hydrogens (tertiary/aromatic N) is 2. The molecule has 0 aliphatic carbocycles. The predicted molar refractivity (Wildman–Crippen MR) is 89.6 cm³/mol. The summed E-state index contributed by atoms with van der Waals surface area (Å²) in [6, 6.07) is 11.5. The first-order chi connectivity index (χ1) is 12.7. The second-order valence-corrected chi connectivity index (χ2v) is 6.34. The van der Waals surface area contributed by atoms with Gasteiger partial charge in [0, 0.05) is 13.1 Å². The normalized spacial score (nSPS) is 16.7. The summed E-state index contributed by atoms with van der Waals surface area (Å²) in [7, 11) is 0. The minimum Gasteiger partial charge on any atom is -0.406 e. The smallest absolute Gasteiger partial charge is 0.406 e. The van der Waals surface area contributed by atoms with Crippen LogP contribution in [0.2, 0.25) is 0 Å². The molecule has 2 aromatic rings. The molecular formula is C19H16F4N2O2. The summed E-state index contributed by atoms with van der Waals surface area (Å²) < 4.78 is 54.9. The van der Waals surface area contributed by atoms with Gasteiger partial charge in [0.1, 0.15) is 23.2 Å². The van der Waals surface area contributed by atoms with Crippen molar-refractivity contribution in [1.82, 2.24) is 0 Å². The Labute approximate surface area is 153 Å². The number of ether oxygens (including phenoxy) is 1. The summed E-state index contributed by atoms with van der Waals surface area (Å²) in [5.74, 6) is -1.01. The van der Waals surface area contributed by atoms with Crippen molar-refractivity contribution in [2.75, 3.05) is 18.0 Å². The summed E-state index contributed by atoms with van der Waals surface area (Å²) in [5, 5.41) is 20.1. The molecule has 27 heavy (non-hydrogen) atoms. The standard InChI is InChI=1S/C19H16F4N2O2/c20-16-5-2-6-17(15(16)12-24)25-9-7-18(26,8-10-25)13-3-1-4-14(11-13)27-19(21,22)23/h1-6,11,26H,7-10H2. The molecule has 0 unspecified atom stereocenters. The van der Waals surface area contributed by atoms with E-state index in [1.807, 2.05) is 6.07 Å². The quantitative estimate of drug-likeness (QED) is 0.816. The van der Waals surface area contributed by atoms with Crippen LogP contribution >= 0.6 is 0 Å². The predicted octanol–water partition coefficient (Wildman–Crippen LogP) is 4.08. The van der Waals surface area contributed by atoms with Crippen molar-refractivity contribution >= 4 is 5.69 Å². The molecule has 3 rings (SSSR count). The second kappa shape index (κ2) is 7.08. The van der Waals surface area contributed by atoms with Gasteiger partial charge in [0.2, 0.25) is 0 Å². The number of piperidine rings is 1. The number of hydrogen-bond donors (Lipinski definition) is 1. The van der Waals surface area contributed by atoms with E-state index in [0.717, 1.165) is 0 Å². The van der Waals surface area contributed by atoms with Gasteiger partial charge in [-0.25, -0.2) is 4.39 Å². The zero-order valence-electron chi connectivity index (χ0n) is 14.1. The summed E-state index contributed by atoms with van der Waals surface area (Å²) in [6.07, 6.45) is -4.39. The fourth-order valence-electron chi connectivity index (χ4n) is 3.28. The topological polar surface area (TPSA) is 56.5 Å². The van der Waals surface area contributed by atoms with Crippen LogP contribution < -0.4 is 9.64 Å². The maximum absolute atomic E-state index is 13.8. The van der Waals surface area contributed by atoms with Crippen LogP contribution in [0.15, 0.2) is 42.5 Å². The first kappa shape index (κ1) is 19.0. The molecule has 0 atom stereocenters. The lowest BCUT2D eigenvalue weighted by Crippen LogP contribution is -2.43. The SMILES string of the molecule is N#Cc1c(F)cccc1N1CCC(O)(c2cccc(OC(F)(F)F)c2)CC1. The number of alkyl halides is 3. The Kier molecular flexibility index (Phi) is 4.98. The molecule has 0 saturated carbocycles. The molecule has 1 N–H and O–H groups in total. The highest BCUT2D eigenvalue weighted by molar-refractivity contribution is 5.60. The first-order valence-corrected chi connectivity index (χ1v) is 8.24. The summed E-state index contributed by atoms with van der Waals surface area (Å²) >= 11 is 0. The van der Waals surface area contributed by atoms with Crippen molar-refractivity contribution in [3.8, 4) is 11.8 Å². The van der Waals surface area contributed by atoms with Crippen molar-refractivity contribution in [1.29, 1.82) is 5.26 Å². The van der Waals surface area contributed by atoms with E-state index >= 15 is 0 Å². The summed E-state index contributed by atoms with van der Waals surface area (Å²) in [4.78, 5) is 1.78. The highest BCUT2D eigenvalue weighted by Gasteiger charge is 2.36. The fraction of sp³-hybridized carbons (Fsp3) is 0.316. The van der Waals surface area contributed by atoms with Gasteiger partial charge in [-0.15, -0.1) is 13.2 Å². The van der Waals surface area contributed by atoms with Gasteiger partial charge in [-0.3, -0.25) is 0 Å². The van der Waals surface area contributed by atoms with Crippen LogP contribution in [0, 0.1) is 17.1 Å². The van der Waals surface area contributed by atoms with Crippen molar-refractivity contribution < 1.29 is 27.4 Å². The van der Waals surface area contributed by atoms with Crippen molar-refractivity contribution in [3.05, 3.63) is 59.4 Å². The third-order valence-corrected chi connectivity index (χ3v) is 4.64. The molecule has 1 saturated heterocycles. The number of halogens is 4. The average Bonchev–Trinajstić information content (AvgIpc) is 2.61. The van der Waals surface area contributed by atoms with E-state index in [1.165, 1.54) is 30.3 Å². The number of benzene rings is 2. The molecular weight excluding hydrogens is 364 g/mol. The van der Waals surface area contributed by atoms with Crippen LogP contribution in [-0.4, -0.2) is 24.6 Å². The van der Waals surface area contributed by atoms with E-state index in [1.54, 1.807) is 17.0 Å². The molecule has 0 bridgehead atoms. The molecule has 1 aliphatic heterocycles. The molecule has 0 aromatic heterocycles. The summed E-state index contributed by atoms with van der Waals surface area (Å²) in [5.41, 5.74) is -0.636. The van der Waals surface area contributed by atoms with Crippen molar-refractivity contribution in [3.63, 3.8) is 0 Å². The Hall–Kier alpha value is -2.79. The lowest BCUT2D eigenvalue weighted by Gasteiger charge is -2.40. The third kappa shape index (κ3) is 4.14. The Balaban J connectivity index is 1.78. The van der Waals surface area contributed by atoms with E-state index < -0.39 is 23.5 Å². The largest absolute Gasteiger partial charge is 0.573 e. The van der Waals surface area contributed by atoms with Gasteiger partial charge >= 0.3 is 6.36 Å². The molecule has 0 amide bonds. The maximum atomic E-state index is 13.8. The number of rotatable bonds is 3. The van der Waals surface area contributed by atoms with Gasteiger partial charge in [0.05, 0.1) is 11.3 Å². The van der Waals surface area contributed by atoms with E-state index in [9.17, 15) is 22.7 Å². The monoisotopic (exact) mass is 380 g/mol. The third-order valence-electron chi connectivity index (χ3n) is 4.64. The number of anilines is 1. The Morgan fingerprint density at radius 1 is 1.11 bits per heavy atom. The van der Waals surface area contributed by atoms with Crippen LogP contribution in [0.5, 0.6) is 5.75 Å². The molecule has 1 fully saturated rings. The minimum absolute atomic E-state index is 0.0662. The Morgan fingerprint density at radius 3 is 2.41 bits per heavy atom. The lowest BCUT2D eigenvalue weighted by molar-refractivity contribution is -0.274. The van der Waals surface area contributed by atoms with Crippen molar-refractivity contribution in [2.24, 2.45) is 0 Å². The zero-order chi connectivity index (χ0) is 19.7. The number of aliphatic hydroxyl groups is 1. The Bertz CT molecular complexity index is 869. The van der Waals surface area contributed by atoms with E-state index in [-0.39, 0.29) is 18.4 Å². The number of hydrogen-bond acceptors (Lipinski definition) is 4. The van der Waals surface area contributed by atoms with Gasteiger partial charge in [-0.05, 0) is 42.7 Å². The second-order valence-electron chi connectivity index (χ2n) is 6.34. The van der Waals surface area contributed by atoms with Crippen LogP contribution in [0.25, 0.3) is 0 Å². The highest BCUT2D eigenvalue weighted by atomic mass is 19.4. The minimum atomic E-state index is -4.81. The average molecular weight is 380 g/mol. The maximum Gasteiger partial charge on any atom is 0.573 e. The van der Waals surface area contributed by atoms with Crippen LogP contribution in [-0.2, 0) is 5.60 Å². The van der Waals surface area contributed by atoms with Gasteiger partial charge < -0.3 is 14.7 Å². The highest BCUT2D eigenvalue weighted by Crippen LogP contribution is 2.37. The molecule has 1 heterocycles. The van der Waals surface area contributed by atoms with Crippen molar-refractivity contribution in [2.45, 2.75) is 24.8 Å². The molecule has 4 nitrogen and oxygen atoms in total. The van der Waals surface area contributed by atoms with Crippen LogP contribution in [0.3, 0.4) is 0 Å². The first-order valence-electron chi connectivity index (χ1n) is 8.24. The molecule has 1 aliphatic rings. The fourth-order valence-corrected chi connectivity index (χ4v) is 3.28. The summed E-state index contributed by atoms with van der Waals surface area (Å²) in [6.45, 7) is 0.637. The van der Waals surface area contributed by atoms with Gasteiger partial charge in [-0.1, -0.05) is 18.2 Å². The molecule has 0 radical (unpaired) electrons. The van der Waals surface area contributed by atoms with E-state index in [2.05, 4.69) is 4.74 Å². The molecule has 0 spiro atoms. The lowest BCUT2D eigenvalue weighted by atomic mass is 9.84. The molecule has 2 aromatic carbocycles. The molecule has 142 valence electrons. The number of nitriles is 1. The van der Waals surface area contributed by atoms with Gasteiger partial charge in [0.15, 0.2) is 0 Å². The molecule has 8 heteroatoms. The zero-order valence-corrected chi connectivity index (χ0v) is 14.1. The van der Waals surface area contributed by atoms with Crippen LogP contribution in [0.4, 0.5) is 23.2 Å². The van der Waals surface area contributed by atoms with Crippen LogP contribution in [0.1, 0.15) is 24.0 Å². The van der Waals surface area contributed by atoms with E-state index in [4.69, 9.17) is 5.26 Å². The van der Waals surface area contributed by atoms with Gasteiger partial charge in [0.25, 0.3) is 0 Å². The Morgan fingerprint density at radius 2 is 1.78 bits per heavy atom. The van der Waals surface area contributed by atoms with E-state index in [0.29, 0.717) is 24.3 Å². The van der Waals surface area contributed by atoms with Gasteiger partial charge in [-0.2, -0.15) is 5.26 Å².